The normalized spacial score (nSPS) is 17.2. The lowest BCUT2D eigenvalue weighted by molar-refractivity contribution is -0.122. The van der Waals surface area contributed by atoms with Crippen LogP contribution in [-0.2, 0) is 16.1 Å². The summed E-state index contributed by atoms with van der Waals surface area (Å²) in [5.74, 6) is -1.26. The minimum atomic E-state index is -0.452. The Morgan fingerprint density at radius 3 is 2.46 bits per heavy atom. The highest BCUT2D eigenvalue weighted by molar-refractivity contribution is 6.50. The van der Waals surface area contributed by atoms with Gasteiger partial charge in [-0.2, -0.15) is 0 Å². The van der Waals surface area contributed by atoms with Crippen LogP contribution in [0.15, 0.2) is 54.9 Å². The highest BCUT2D eigenvalue weighted by atomic mass is 19.1. The number of aromatic amines is 1. The van der Waals surface area contributed by atoms with Gasteiger partial charge in [-0.05, 0) is 63.2 Å². The van der Waals surface area contributed by atoms with Crippen LogP contribution >= 0.6 is 0 Å². The van der Waals surface area contributed by atoms with E-state index in [0.29, 0.717) is 27.7 Å². The molecule has 0 atom stereocenters. The van der Waals surface area contributed by atoms with Crippen molar-refractivity contribution in [2.24, 2.45) is 0 Å². The van der Waals surface area contributed by atoms with Crippen LogP contribution in [0.2, 0.25) is 0 Å². The second-order valence-corrected chi connectivity index (χ2v) is 9.43. The summed E-state index contributed by atoms with van der Waals surface area (Å²) >= 11 is 0. The molecule has 1 saturated heterocycles. The fraction of sp³-hybridized carbons (Fsp3) is 0.286. The molecule has 2 aliphatic heterocycles. The molecule has 0 unspecified atom stereocenters. The van der Waals surface area contributed by atoms with E-state index in [1.165, 1.54) is 31.4 Å². The van der Waals surface area contributed by atoms with E-state index in [1.807, 2.05) is 30.5 Å². The molecule has 2 aromatic carbocycles. The molecule has 0 saturated carbocycles. The Morgan fingerprint density at radius 1 is 0.857 bits per heavy atom. The molecule has 0 aliphatic carbocycles. The number of carbonyl (C=O) groups excluding carboxylic acids is 2. The van der Waals surface area contributed by atoms with E-state index in [1.54, 1.807) is 12.3 Å². The summed E-state index contributed by atoms with van der Waals surface area (Å²) in [5.41, 5.74) is 3.61. The lowest BCUT2D eigenvalue weighted by Gasteiger charge is -2.26. The number of nitrogens with zero attached hydrogens (tertiary/aromatic N) is 2. The van der Waals surface area contributed by atoms with Crippen LogP contribution < -0.4 is 5.32 Å². The van der Waals surface area contributed by atoms with Gasteiger partial charge in [0.2, 0.25) is 0 Å². The number of aromatic nitrogens is 2. The van der Waals surface area contributed by atoms with E-state index in [2.05, 4.69) is 19.8 Å². The number of piperidine rings is 1. The molecule has 4 aromatic rings. The van der Waals surface area contributed by atoms with Crippen molar-refractivity contribution >= 4 is 44.8 Å². The number of likely N-dealkylation sites (tertiary alicyclic amines) is 1. The van der Waals surface area contributed by atoms with Gasteiger partial charge in [0.15, 0.2) is 0 Å². The zero-order chi connectivity index (χ0) is 23.9. The van der Waals surface area contributed by atoms with Gasteiger partial charge in [0.25, 0.3) is 11.8 Å². The van der Waals surface area contributed by atoms with Crippen LogP contribution in [0.5, 0.6) is 0 Å². The van der Waals surface area contributed by atoms with Crippen LogP contribution in [0, 0.1) is 5.82 Å². The highest BCUT2D eigenvalue weighted by Gasteiger charge is 2.35. The summed E-state index contributed by atoms with van der Waals surface area (Å²) in [6.07, 6.45) is 8.44. The molecule has 4 heterocycles. The molecule has 0 bridgehead atoms. The van der Waals surface area contributed by atoms with Crippen LogP contribution in [0.3, 0.4) is 0 Å². The van der Waals surface area contributed by atoms with E-state index < -0.39 is 11.8 Å². The van der Waals surface area contributed by atoms with Crippen molar-refractivity contribution in [3.8, 4) is 0 Å². The number of nitrogens with one attached hydrogen (secondary N) is 2. The number of amides is 2. The fourth-order valence-electron chi connectivity index (χ4n) is 5.55. The number of benzene rings is 2. The van der Waals surface area contributed by atoms with Crippen molar-refractivity contribution in [1.29, 1.82) is 0 Å². The number of fused-ring (bicyclic) bond motifs is 2. The van der Waals surface area contributed by atoms with Gasteiger partial charge in [-0.3, -0.25) is 14.9 Å². The zero-order valence-corrected chi connectivity index (χ0v) is 19.4. The molecule has 2 amide bonds. The quantitative estimate of drug-likeness (QED) is 0.401. The van der Waals surface area contributed by atoms with Crippen molar-refractivity contribution in [2.45, 2.75) is 32.2 Å². The Morgan fingerprint density at radius 2 is 1.63 bits per heavy atom. The maximum Gasteiger partial charge on any atom is 0.259 e. The lowest BCUT2D eigenvalue weighted by atomic mass is 9.95. The number of aryl methyl sites for hydroxylation is 1. The molecule has 1 fully saturated rings. The first-order valence-corrected chi connectivity index (χ1v) is 12.3. The maximum absolute atomic E-state index is 14.4. The smallest absolute Gasteiger partial charge is 0.259 e. The van der Waals surface area contributed by atoms with Gasteiger partial charge in [0.05, 0.1) is 11.1 Å². The Labute approximate surface area is 202 Å². The molecule has 0 radical (unpaired) electrons. The predicted octanol–water partition coefficient (Wildman–Crippen LogP) is 4.70. The molecule has 2 aromatic heterocycles. The predicted molar refractivity (Wildman–Crippen MR) is 135 cm³/mol. The Kier molecular flexibility index (Phi) is 5.49. The number of hydrogen-bond donors (Lipinski definition) is 2. The second kappa shape index (κ2) is 8.82. The highest BCUT2D eigenvalue weighted by Crippen LogP contribution is 2.38. The molecule has 35 heavy (non-hydrogen) atoms. The molecule has 178 valence electrons. The first-order chi connectivity index (χ1) is 17.1. The maximum atomic E-state index is 14.4. The molecular formula is C28H27FN4O2. The first-order valence-electron chi connectivity index (χ1n) is 12.3. The van der Waals surface area contributed by atoms with Crippen molar-refractivity contribution in [3.05, 3.63) is 71.8 Å². The average Bonchev–Trinajstić information content (AvgIpc) is 3.52. The first kappa shape index (κ1) is 21.8. The van der Waals surface area contributed by atoms with E-state index in [-0.39, 0.29) is 5.82 Å². The minimum Gasteiger partial charge on any atom is -0.361 e. The third-order valence-electron chi connectivity index (χ3n) is 7.22. The number of hydrogen-bond acceptors (Lipinski definition) is 3. The summed E-state index contributed by atoms with van der Waals surface area (Å²) in [5, 5.41) is 3.97. The monoisotopic (exact) mass is 470 g/mol. The molecule has 7 heteroatoms. The molecule has 2 N–H and O–H groups in total. The van der Waals surface area contributed by atoms with Crippen LogP contribution in [-0.4, -0.2) is 45.9 Å². The van der Waals surface area contributed by atoms with Gasteiger partial charge < -0.3 is 14.5 Å². The number of halogens is 1. The molecule has 0 spiro atoms. The largest absolute Gasteiger partial charge is 0.361 e. The summed E-state index contributed by atoms with van der Waals surface area (Å²) in [6, 6.07) is 12.3. The van der Waals surface area contributed by atoms with E-state index in [4.69, 9.17) is 0 Å². The minimum absolute atomic E-state index is 0.296. The fourth-order valence-corrected chi connectivity index (χ4v) is 5.55. The van der Waals surface area contributed by atoms with Gasteiger partial charge in [0, 0.05) is 51.9 Å². The summed E-state index contributed by atoms with van der Waals surface area (Å²) in [4.78, 5) is 31.7. The number of imide groups is 1. The average molecular weight is 471 g/mol. The third-order valence-corrected chi connectivity index (χ3v) is 7.22. The lowest BCUT2D eigenvalue weighted by Crippen LogP contribution is -2.31. The van der Waals surface area contributed by atoms with Gasteiger partial charge in [0.1, 0.15) is 5.82 Å². The summed E-state index contributed by atoms with van der Waals surface area (Å²) in [6.45, 7) is 4.06. The topological polar surface area (TPSA) is 70.1 Å². The third kappa shape index (κ3) is 3.86. The van der Waals surface area contributed by atoms with Crippen molar-refractivity contribution in [3.63, 3.8) is 0 Å². The number of rotatable bonds is 6. The van der Waals surface area contributed by atoms with E-state index in [9.17, 15) is 14.0 Å². The molecule has 6 nitrogen and oxygen atoms in total. The van der Waals surface area contributed by atoms with E-state index >= 15 is 0 Å². The van der Waals surface area contributed by atoms with Crippen molar-refractivity contribution in [2.75, 3.05) is 19.6 Å². The van der Waals surface area contributed by atoms with E-state index in [0.717, 1.165) is 49.0 Å². The Balaban J connectivity index is 1.44. The Bertz CT molecular complexity index is 1490. The number of para-hydroxylation sites is 1. The van der Waals surface area contributed by atoms with Crippen LogP contribution in [0.4, 0.5) is 4.39 Å². The SMILES string of the molecule is O=C1NC(=O)C(c2cn(CCCN3CCCCC3)c3ccc(F)cc23)=C1c1c[nH]c2ccccc12. The molecule has 6 rings (SSSR count). The van der Waals surface area contributed by atoms with Gasteiger partial charge in [-0.1, -0.05) is 24.6 Å². The summed E-state index contributed by atoms with van der Waals surface area (Å²) < 4.78 is 16.4. The van der Waals surface area contributed by atoms with Crippen LogP contribution in [0.25, 0.3) is 33.0 Å². The number of carbonyl (C=O) groups is 2. The molecular weight excluding hydrogens is 443 g/mol. The van der Waals surface area contributed by atoms with Crippen molar-refractivity contribution in [1.82, 2.24) is 19.8 Å². The van der Waals surface area contributed by atoms with Gasteiger partial charge in [-0.15, -0.1) is 0 Å². The second-order valence-electron chi connectivity index (χ2n) is 9.43. The molecule has 2 aliphatic rings. The van der Waals surface area contributed by atoms with Crippen molar-refractivity contribution < 1.29 is 14.0 Å². The standard InChI is InChI=1S/C28H27FN4O2/c29-18-9-10-24-20(15-18)22(17-33(24)14-6-13-32-11-4-1-5-12-32)26-25(27(34)31-28(26)35)21-16-30-23-8-3-2-7-19(21)23/h2-3,7-10,15-17,30H,1,4-6,11-14H2,(H,31,34,35). The Hall–Kier alpha value is -3.71. The van der Waals surface area contributed by atoms with Crippen LogP contribution in [0.1, 0.15) is 36.8 Å². The number of H-pyrrole nitrogens is 1. The zero-order valence-electron chi connectivity index (χ0n) is 19.4. The van der Waals surface area contributed by atoms with Gasteiger partial charge >= 0.3 is 0 Å². The summed E-state index contributed by atoms with van der Waals surface area (Å²) in [7, 11) is 0. The van der Waals surface area contributed by atoms with Gasteiger partial charge in [-0.25, -0.2) is 4.39 Å².